The first kappa shape index (κ1) is 19.0. The van der Waals surface area contributed by atoms with E-state index in [0.29, 0.717) is 6.42 Å². The van der Waals surface area contributed by atoms with Crippen LogP contribution in [0.4, 0.5) is 4.79 Å². The van der Waals surface area contributed by atoms with Crippen molar-refractivity contribution in [3.05, 3.63) is 59.7 Å². The Bertz CT molecular complexity index is 934. The van der Waals surface area contributed by atoms with Crippen LogP contribution in [0.3, 0.4) is 0 Å². The van der Waals surface area contributed by atoms with Crippen molar-refractivity contribution in [1.82, 2.24) is 4.90 Å². The molecule has 6 nitrogen and oxygen atoms in total. The summed E-state index contributed by atoms with van der Waals surface area (Å²) >= 11 is 0. The maximum Gasteiger partial charge on any atom is 0.410 e. The van der Waals surface area contributed by atoms with Crippen molar-refractivity contribution in [3.63, 3.8) is 0 Å². The first-order chi connectivity index (χ1) is 14.1. The zero-order valence-electron chi connectivity index (χ0n) is 15.8. The van der Waals surface area contributed by atoms with Crippen LogP contribution in [0.5, 0.6) is 0 Å². The van der Waals surface area contributed by atoms with E-state index in [4.69, 9.17) is 15.9 Å². The van der Waals surface area contributed by atoms with Gasteiger partial charge in [0.2, 0.25) is 0 Å². The monoisotopic (exact) mass is 391 g/mol. The van der Waals surface area contributed by atoms with Crippen LogP contribution in [0.15, 0.2) is 48.5 Å². The normalized spacial score (nSPS) is 20.0. The van der Waals surface area contributed by atoms with Gasteiger partial charge in [0.1, 0.15) is 13.2 Å². The number of fused-ring (bicyclic) bond motifs is 3. The average Bonchev–Trinajstić information content (AvgIpc) is 3.30. The van der Waals surface area contributed by atoms with E-state index in [0.717, 1.165) is 22.3 Å². The molecule has 0 aromatic heterocycles. The van der Waals surface area contributed by atoms with Crippen LogP contribution >= 0.6 is 0 Å². The number of carbonyl (C=O) groups excluding carboxylic acids is 1. The minimum absolute atomic E-state index is 0.00692. The van der Waals surface area contributed by atoms with E-state index in [1.807, 2.05) is 36.4 Å². The Morgan fingerprint density at radius 3 is 2.31 bits per heavy atom. The highest BCUT2D eigenvalue weighted by Crippen LogP contribution is 2.44. The number of ether oxygens (including phenoxy) is 2. The van der Waals surface area contributed by atoms with Gasteiger partial charge < -0.3 is 14.6 Å². The number of hydrogen-bond donors (Lipinski definition) is 1. The number of aliphatic carboxylic acids is 1. The van der Waals surface area contributed by atoms with Crippen LogP contribution < -0.4 is 0 Å². The molecule has 6 heteroatoms. The molecule has 1 saturated heterocycles. The Balaban J connectivity index is 1.49. The molecule has 0 spiro atoms. The van der Waals surface area contributed by atoms with Gasteiger partial charge in [0.05, 0.1) is 6.10 Å². The lowest BCUT2D eigenvalue weighted by Gasteiger charge is -2.24. The van der Waals surface area contributed by atoms with Crippen LogP contribution in [-0.2, 0) is 14.3 Å². The van der Waals surface area contributed by atoms with Crippen LogP contribution in [0, 0.1) is 12.3 Å². The summed E-state index contributed by atoms with van der Waals surface area (Å²) in [6.45, 7) is 0.404. The number of benzene rings is 2. The van der Waals surface area contributed by atoms with Crippen molar-refractivity contribution in [2.75, 3.05) is 19.8 Å². The minimum atomic E-state index is -1.13. The number of amides is 1. The fourth-order valence-electron chi connectivity index (χ4n) is 4.27. The second kappa shape index (κ2) is 7.98. The van der Waals surface area contributed by atoms with E-state index >= 15 is 0 Å². The molecule has 1 aliphatic carbocycles. The third kappa shape index (κ3) is 3.45. The highest BCUT2D eigenvalue weighted by atomic mass is 16.6. The predicted molar refractivity (Wildman–Crippen MR) is 106 cm³/mol. The first-order valence-corrected chi connectivity index (χ1v) is 9.51. The molecule has 2 atom stereocenters. The fourth-order valence-corrected chi connectivity index (χ4v) is 4.27. The summed E-state index contributed by atoms with van der Waals surface area (Å²) in [6, 6.07) is 15.0. The van der Waals surface area contributed by atoms with E-state index < -0.39 is 24.2 Å². The minimum Gasteiger partial charge on any atom is -0.480 e. The lowest BCUT2D eigenvalue weighted by atomic mass is 9.98. The summed E-state index contributed by atoms with van der Waals surface area (Å²) in [5, 5.41) is 9.56. The van der Waals surface area contributed by atoms with Crippen molar-refractivity contribution in [2.45, 2.75) is 24.5 Å². The molecule has 1 fully saturated rings. The number of carbonyl (C=O) groups is 2. The Morgan fingerprint density at radius 2 is 1.72 bits per heavy atom. The highest BCUT2D eigenvalue weighted by molar-refractivity contribution is 5.82. The van der Waals surface area contributed by atoms with Gasteiger partial charge in [-0.25, -0.2) is 9.59 Å². The van der Waals surface area contributed by atoms with E-state index in [1.165, 1.54) is 4.90 Å². The Labute approximate surface area is 169 Å². The average molecular weight is 391 g/mol. The number of carboxylic acids is 1. The van der Waals surface area contributed by atoms with Crippen LogP contribution in [-0.4, -0.2) is 54.0 Å². The third-order valence-corrected chi connectivity index (χ3v) is 5.55. The van der Waals surface area contributed by atoms with Gasteiger partial charge >= 0.3 is 12.1 Å². The second-order valence-electron chi connectivity index (χ2n) is 7.12. The molecule has 0 radical (unpaired) electrons. The van der Waals surface area contributed by atoms with E-state index in [2.05, 4.69) is 18.1 Å². The van der Waals surface area contributed by atoms with Crippen molar-refractivity contribution < 1.29 is 24.2 Å². The maximum absolute atomic E-state index is 12.7. The lowest BCUT2D eigenvalue weighted by molar-refractivity contribution is -0.145. The summed E-state index contributed by atoms with van der Waals surface area (Å²) in [5.74, 6) is 1.12. The molecule has 29 heavy (non-hydrogen) atoms. The van der Waals surface area contributed by atoms with Gasteiger partial charge in [-0.3, -0.25) is 4.90 Å². The van der Waals surface area contributed by atoms with E-state index in [-0.39, 0.29) is 25.7 Å². The molecular weight excluding hydrogens is 370 g/mol. The zero-order chi connectivity index (χ0) is 20.4. The molecule has 1 aliphatic heterocycles. The summed E-state index contributed by atoms with van der Waals surface area (Å²) < 4.78 is 11.0. The van der Waals surface area contributed by atoms with Crippen LogP contribution in [0.25, 0.3) is 11.1 Å². The summed E-state index contributed by atoms with van der Waals surface area (Å²) in [7, 11) is 0. The Hall–Kier alpha value is -3.30. The molecule has 1 amide bonds. The molecular formula is C23H21NO5. The molecule has 2 aromatic rings. The fraction of sp³-hybridized carbons (Fsp3) is 0.304. The SMILES string of the molecule is C#CCO[C@@H]1CCN(C(=O)OCC2c3ccccc3-c3ccccc32)[C@@H]1C(=O)O. The third-order valence-electron chi connectivity index (χ3n) is 5.55. The molecule has 1 heterocycles. The van der Waals surface area contributed by atoms with Gasteiger partial charge in [-0.15, -0.1) is 6.42 Å². The molecule has 0 unspecified atom stereocenters. The topological polar surface area (TPSA) is 76.1 Å². The van der Waals surface area contributed by atoms with Gasteiger partial charge in [0.25, 0.3) is 0 Å². The van der Waals surface area contributed by atoms with Gasteiger partial charge in [0.15, 0.2) is 6.04 Å². The van der Waals surface area contributed by atoms with Gasteiger partial charge in [0, 0.05) is 12.5 Å². The molecule has 4 rings (SSSR count). The number of rotatable bonds is 5. The molecule has 0 bridgehead atoms. The molecule has 148 valence electrons. The number of hydrogen-bond acceptors (Lipinski definition) is 4. The number of carboxylic acid groups (broad SMARTS) is 1. The molecule has 0 saturated carbocycles. The van der Waals surface area contributed by atoms with Crippen molar-refractivity contribution in [2.24, 2.45) is 0 Å². The quantitative estimate of drug-likeness (QED) is 0.793. The van der Waals surface area contributed by atoms with E-state index in [9.17, 15) is 14.7 Å². The van der Waals surface area contributed by atoms with E-state index in [1.54, 1.807) is 0 Å². The number of likely N-dealkylation sites (tertiary alicyclic amines) is 1. The largest absolute Gasteiger partial charge is 0.480 e. The standard InChI is InChI=1S/C23H21NO5/c1-2-13-28-20-11-12-24(21(20)22(25)26)23(27)29-14-19-17-9-5-3-7-15(17)16-8-4-6-10-18(16)19/h1,3-10,19-21H,11-14H2,(H,25,26)/t20-,21+/m1/s1. The van der Waals surface area contributed by atoms with Crippen LogP contribution in [0.2, 0.25) is 0 Å². The maximum atomic E-state index is 12.7. The number of nitrogens with zero attached hydrogens (tertiary/aromatic N) is 1. The number of terminal acetylenes is 1. The summed E-state index contributed by atoms with van der Waals surface area (Å²) in [6.07, 6.45) is 4.31. The highest BCUT2D eigenvalue weighted by Gasteiger charge is 2.44. The van der Waals surface area contributed by atoms with Crippen LogP contribution in [0.1, 0.15) is 23.5 Å². The Kier molecular flexibility index (Phi) is 5.24. The Morgan fingerprint density at radius 1 is 1.10 bits per heavy atom. The second-order valence-corrected chi connectivity index (χ2v) is 7.12. The molecule has 2 aromatic carbocycles. The summed E-state index contributed by atoms with van der Waals surface area (Å²) in [5.41, 5.74) is 4.48. The zero-order valence-corrected chi connectivity index (χ0v) is 15.8. The van der Waals surface area contributed by atoms with Crippen molar-refractivity contribution in [3.8, 4) is 23.5 Å². The van der Waals surface area contributed by atoms with Gasteiger partial charge in [-0.1, -0.05) is 54.5 Å². The first-order valence-electron chi connectivity index (χ1n) is 9.51. The summed E-state index contributed by atoms with van der Waals surface area (Å²) in [4.78, 5) is 25.6. The van der Waals surface area contributed by atoms with Crippen molar-refractivity contribution in [1.29, 1.82) is 0 Å². The molecule has 1 N–H and O–H groups in total. The lowest BCUT2D eigenvalue weighted by Crippen LogP contribution is -2.46. The van der Waals surface area contributed by atoms with Gasteiger partial charge in [-0.2, -0.15) is 0 Å². The smallest absolute Gasteiger partial charge is 0.410 e. The van der Waals surface area contributed by atoms with Crippen molar-refractivity contribution >= 4 is 12.1 Å². The van der Waals surface area contributed by atoms with Gasteiger partial charge in [-0.05, 0) is 28.7 Å². The molecule has 2 aliphatic rings. The predicted octanol–water partition coefficient (Wildman–Crippen LogP) is 3.11.